The Bertz CT molecular complexity index is 2130. The van der Waals surface area contributed by atoms with Crippen LogP contribution in [0.1, 0.15) is 37.9 Å². The van der Waals surface area contributed by atoms with Gasteiger partial charge in [0.25, 0.3) is 0 Å². The van der Waals surface area contributed by atoms with Gasteiger partial charge < -0.3 is 40.7 Å². The number of ether oxygens (including phenoxy) is 2. The molecule has 6 atom stereocenters. The number of urea groups is 1. The number of tetrazole rings is 1. The molecule has 3 aromatic heterocycles. The average molecular weight is 809 g/mol. The molecule has 1 aromatic carbocycles. The van der Waals surface area contributed by atoms with E-state index in [1.807, 2.05) is 0 Å². The SMILES string of the molecule is CCn1nnc([C@H]2O[C@@H](n3cnc4c(NCCNS(=O)(=O)c5ccccc5)nc(N5CC[C@@H](NC(=O)N[C@@H]6CCNC6)C5)nc43)[C@H](O)[C@@H]2OC(=O)C(F)(F)F)n1. The lowest BCUT2D eigenvalue weighted by molar-refractivity contribution is -0.210. The summed E-state index contributed by atoms with van der Waals surface area (Å²) < 4.78 is 80.1. The summed E-state index contributed by atoms with van der Waals surface area (Å²) in [5.41, 5.74) is 0.192. The van der Waals surface area contributed by atoms with Crippen molar-refractivity contribution >= 4 is 45.0 Å². The Morgan fingerprint density at radius 3 is 2.61 bits per heavy atom. The second-order valence-corrected chi connectivity index (χ2v) is 15.0. The molecule has 6 N–H and O–H groups in total. The summed E-state index contributed by atoms with van der Waals surface area (Å²) in [6.45, 7) is 4.14. The van der Waals surface area contributed by atoms with Crippen LogP contribution >= 0.6 is 0 Å². The molecular weight excluding hydrogens is 769 g/mol. The van der Waals surface area contributed by atoms with Gasteiger partial charge in [0.1, 0.15) is 6.10 Å². The largest absolute Gasteiger partial charge is 0.490 e. The van der Waals surface area contributed by atoms with Crippen LogP contribution in [-0.4, -0.2) is 135 Å². The highest BCUT2D eigenvalue weighted by Gasteiger charge is 2.53. The molecule has 302 valence electrons. The molecular formula is C31H39F3N14O7S. The van der Waals surface area contributed by atoms with Crippen LogP contribution in [-0.2, 0) is 30.8 Å². The lowest BCUT2D eigenvalue weighted by Crippen LogP contribution is -2.47. The number of esters is 1. The van der Waals surface area contributed by atoms with Crippen LogP contribution in [0.25, 0.3) is 11.2 Å². The number of imidazole rings is 1. The van der Waals surface area contributed by atoms with Gasteiger partial charge in [-0.3, -0.25) is 4.57 Å². The number of carbonyl (C=O) groups excluding carboxylic acids is 2. The maximum atomic E-state index is 13.3. The summed E-state index contributed by atoms with van der Waals surface area (Å²) in [4.78, 5) is 41.5. The summed E-state index contributed by atoms with van der Waals surface area (Å²) in [5.74, 6) is -2.48. The van der Waals surface area contributed by atoms with Gasteiger partial charge in [-0.15, -0.1) is 10.2 Å². The summed E-state index contributed by atoms with van der Waals surface area (Å²) in [7, 11) is -3.83. The molecule has 3 fully saturated rings. The molecule has 3 saturated heterocycles. The summed E-state index contributed by atoms with van der Waals surface area (Å²) >= 11 is 0. The van der Waals surface area contributed by atoms with Gasteiger partial charge in [-0.05, 0) is 43.7 Å². The highest BCUT2D eigenvalue weighted by atomic mass is 32.2. The number of carbonyl (C=O) groups is 2. The molecule has 0 unspecified atom stereocenters. The number of hydrogen-bond donors (Lipinski definition) is 6. The first-order valence-electron chi connectivity index (χ1n) is 17.8. The number of nitrogens with one attached hydrogen (secondary N) is 5. The number of aryl methyl sites for hydroxylation is 1. The number of fused-ring (bicyclic) bond motifs is 1. The van der Waals surface area contributed by atoms with Crippen molar-refractivity contribution in [1.82, 2.24) is 60.4 Å². The molecule has 21 nitrogen and oxygen atoms in total. The van der Waals surface area contributed by atoms with Crippen molar-refractivity contribution in [3.63, 3.8) is 0 Å². The average Bonchev–Trinajstić information content (AvgIpc) is 4.02. The number of sulfonamides is 1. The fourth-order valence-corrected chi connectivity index (χ4v) is 7.62. The van der Waals surface area contributed by atoms with E-state index in [-0.39, 0.29) is 71.4 Å². The van der Waals surface area contributed by atoms with Crippen LogP contribution in [0, 0.1) is 0 Å². The third-order valence-corrected chi connectivity index (χ3v) is 10.8. The molecule has 2 amide bonds. The highest BCUT2D eigenvalue weighted by molar-refractivity contribution is 7.89. The first-order valence-corrected chi connectivity index (χ1v) is 19.2. The Kier molecular flexibility index (Phi) is 11.2. The van der Waals surface area contributed by atoms with Gasteiger partial charge in [-0.1, -0.05) is 18.2 Å². The van der Waals surface area contributed by atoms with E-state index >= 15 is 0 Å². The van der Waals surface area contributed by atoms with Crippen LogP contribution in [0.4, 0.5) is 29.7 Å². The molecule has 3 aliphatic rings. The maximum Gasteiger partial charge on any atom is 0.490 e. The zero-order chi connectivity index (χ0) is 39.6. The number of benzene rings is 1. The summed E-state index contributed by atoms with van der Waals surface area (Å²) in [6, 6.07) is 7.24. The minimum atomic E-state index is -5.38. The standard InChI is InChI=1S/C31H39F3N14O7S/c1-2-48-44-25(43-45-48)23-22(55-28(50)31(32,33)34)21(49)27(54-23)47-16-37-20-24(36-11-12-38-56(52,53)19-6-4-3-5-7-19)41-29(42-26(20)47)46-13-9-18(15-46)40-30(51)39-17-8-10-35-14-17/h3-7,16-18,21-23,27,35,38,49H,2,8-15H2,1H3,(H,36,41,42)(H2,39,40,51)/t17-,18-,21-,22+,23+,27-/m1/s1. The van der Waals surface area contributed by atoms with E-state index in [4.69, 9.17) is 14.5 Å². The molecule has 0 aliphatic carbocycles. The van der Waals surface area contributed by atoms with Crippen molar-refractivity contribution in [1.29, 1.82) is 0 Å². The summed E-state index contributed by atoms with van der Waals surface area (Å²) in [6.07, 6.45) is -9.73. The number of hydrogen-bond acceptors (Lipinski definition) is 16. The number of anilines is 2. The van der Waals surface area contributed by atoms with Crippen molar-refractivity contribution in [3.05, 3.63) is 42.5 Å². The lowest BCUT2D eigenvalue weighted by Gasteiger charge is -2.21. The Balaban J connectivity index is 1.16. The fourth-order valence-electron chi connectivity index (χ4n) is 6.57. The second kappa shape index (κ2) is 16.1. The van der Waals surface area contributed by atoms with Crippen molar-refractivity contribution in [2.24, 2.45) is 0 Å². The van der Waals surface area contributed by atoms with E-state index in [9.17, 15) is 36.3 Å². The monoisotopic (exact) mass is 808 g/mol. The zero-order valence-corrected chi connectivity index (χ0v) is 30.6. The van der Waals surface area contributed by atoms with Crippen LogP contribution in [0.3, 0.4) is 0 Å². The molecule has 3 aliphatic heterocycles. The molecule has 0 radical (unpaired) electrons. The van der Waals surface area contributed by atoms with E-state index in [1.165, 1.54) is 23.0 Å². The van der Waals surface area contributed by atoms with E-state index in [1.54, 1.807) is 30.0 Å². The Hall–Kier alpha value is -5.24. The van der Waals surface area contributed by atoms with Crippen molar-refractivity contribution in [3.8, 4) is 0 Å². The van der Waals surface area contributed by atoms with E-state index in [0.717, 1.165) is 17.8 Å². The van der Waals surface area contributed by atoms with Gasteiger partial charge in [0.2, 0.25) is 21.8 Å². The first kappa shape index (κ1) is 39.0. The number of aliphatic hydroxyl groups is 1. The number of halogens is 3. The van der Waals surface area contributed by atoms with Crippen LogP contribution < -0.4 is 30.9 Å². The number of aliphatic hydroxyl groups excluding tert-OH is 1. The van der Waals surface area contributed by atoms with E-state index in [2.05, 4.69) is 51.4 Å². The number of alkyl halides is 3. The third-order valence-electron chi connectivity index (χ3n) is 9.34. The molecule has 0 saturated carbocycles. The summed E-state index contributed by atoms with van der Waals surface area (Å²) in [5, 5.41) is 35.3. The smallest absolute Gasteiger partial charge is 0.449 e. The van der Waals surface area contributed by atoms with Gasteiger partial charge in [0.05, 0.1) is 17.8 Å². The molecule has 25 heteroatoms. The second-order valence-electron chi connectivity index (χ2n) is 13.2. The van der Waals surface area contributed by atoms with Crippen molar-refractivity contribution in [2.45, 2.75) is 74.0 Å². The lowest BCUT2D eigenvalue weighted by atomic mass is 10.1. The highest BCUT2D eigenvalue weighted by Crippen LogP contribution is 2.41. The number of amides is 2. The van der Waals surface area contributed by atoms with Gasteiger partial charge in [0, 0.05) is 44.8 Å². The Morgan fingerprint density at radius 2 is 1.89 bits per heavy atom. The number of rotatable bonds is 13. The molecule has 0 spiro atoms. The normalized spacial score (nSPS) is 24.1. The number of nitrogens with zero attached hydrogens (tertiary/aromatic N) is 9. The quantitative estimate of drug-likeness (QED) is 0.0740. The van der Waals surface area contributed by atoms with Crippen molar-refractivity contribution in [2.75, 3.05) is 49.5 Å². The Labute approximate surface area is 316 Å². The van der Waals surface area contributed by atoms with Crippen LogP contribution in [0.5, 0.6) is 0 Å². The molecule has 4 aromatic rings. The Morgan fingerprint density at radius 1 is 1.11 bits per heavy atom. The van der Waals surface area contributed by atoms with Gasteiger partial charge in [-0.2, -0.15) is 27.9 Å². The maximum absolute atomic E-state index is 13.3. The predicted octanol–water partition coefficient (Wildman–Crippen LogP) is -0.432. The topological polar surface area (TPSA) is 258 Å². The third kappa shape index (κ3) is 8.45. The molecule has 7 rings (SSSR count). The van der Waals surface area contributed by atoms with E-state index in [0.29, 0.717) is 26.1 Å². The van der Waals surface area contributed by atoms with Crippen molar-refractivity contribution < 1.29 is 45.8 Å². The van der Waals surface area contributed by atoms with Crippen LogP contribution in [0.2, 0.25) is 0 Å². The number of aromatic nitrogens is 8. The molecule has 0 bridgehead atoms. The molecule has 56 heavy (non-hydrogen) atoms. The van der Waals surface area contributed by atoms with Gasteiger partial charge in [-0.25, -0.2) is 27.7 Å². The predicted molar refractivity (Wildman–Crippen MR) is 187 cm³/mol. The first-order chi connectivity index (χ1) is 26.8. The van der Waals surface area contributed by atoms with Gasteiger partial charge >= 0.3 is 18.2 Å². The minimum Gasteiger partial charge on any atom is -0.449 e. The zero-order valence-electron chi connectivity index (χ0n) is 29.8. The van der Waals surface area contributed by atoms with E-state index < -0.39 is 46.7 Å². The van der Waals surface area contributed by atoms with Crippen LogP contribution in [0.15, 0.2) is 41.6 Å². The van der Waals surface area contributed by atoms with Gasteiger partial charge in [0.15, 0.2) is 35.4 Å². The minimum absolute atomic E-state index is 0.0167. The molecule has 6 heterocycles. The fraction of sp³-hybridized carbons (Fsp3) is 0.548.